The lowest BCUT2D eigenvalue weighted by Crippen LogP contribution is -2.07. The predicted molar refractivity (Wildman–Crippen MR) is 65.0 cm³/mol. The van der Waals surface area contributed by atoms with Gasteiger partial charge in [0.15, 0.2) is 0 Å². The summed E-state index contributed by atoms with van der Waals surface area (Å²) in [5.74, 6) is -2.61. The number of carboxylic acids is 1. The van der Waals surface area contributed by atoms with E-state index < -0.39 is 23.2 Å². The van der Waals surface area contributed by atoms with Gasteiger partial charge in [0.2, 0.25) is 5.76 Å². The van der Waals surface area contributed by atoms with E-state index in [9.17, 15) is 14.0 Å². The normalized spacial score (nSPS) is 10.3. The van der Waals surface area contributed by atoms with Crippen LogP contribution in [0.15, 0.2) is 44.0 Å². The summed E-state index contributed by atoms with van der Waals surface area (Å²) in [7, 11) is 0. The second kappa shape index (κ2) is 4.73. The van der Waals surface area contributed by atoms with Gasteiger partial charge in [-0.05, 0) is 24.3 Å². The number of hydrogen-bond donors (Lipinski definition) is 1. The molecule has 1 heterocycles. The molecule has 92 valence electrons. The Morgan fingerprint density at radius 2 is 1.94 bits per heavy atom. The molecule has 0 aliphatic carbocycles. The first kappa shape index (κ1) is 12.5. The zero-order valence-electron chi connectivity index (χ0n) is 8.81. The van der Waals surface area contributed by atoms with Crippen LogP contribution in [0.5, 0.6) is 0 Å². The third kappa shape index (κ3) is 2.33. The zero-order valence-corrected chi connectivity index (χ0v) is 10.4. The predicted octanol–water partition coefficient (Wildman–Crippen LogP) is 2.91. The number of carboxylic acid groups (broad SMARTS) is 1. The van der Waals surface area contributed by atoms with Crippen molar-refractivity contribution in [2.24, 2.45) is 0 Å². The molecule has 2 aromatic rings. The van der Waals surface area contributed by atoms with Gasteiger partial charge in [-0.1, -0.05) is 15.9 Å². The third-order valence-corrected chi connectivity index (χ3v) is 2.74. The van der Waals surface area contributed by atoms with Crippen molar-refractivity contribution >= 4 is 21.9 Å². The number of aromatic carboxylic acids is 1. The largest absolute Gasteiger partial charge is 0.475 e. The molecule has 0 amide bonds. The van der Waals surface area contributed by atoms with Gasteiger partial charge in [0.1, 0.15) is 5.82 Å². The fourth-order valence-electron chi connectivity index (χ4n) is 1.49. The van der Waals surface area contributed by atoms with Crippen LogP contribution in [0.1, 0.15) is 10.6 Å². The number of carbonyl (C=O) groups is 1. The van der Waals surface area contributed by atoms with Gasteiger partial charge >= 0.3 is 11.6 Å². The summed E-state index contributed by atoms with van der Waals surface area (Å²) in [6, 6.07) is 6.36. The first-order valence-electron chi connectivity index (χ1n) is 4.82. The van der Waals surface area contributed by atoms with Crippen LogP contribution < -0.4 is 5.63 Å². The molecule has 0 spiro atoms. The Bertz CT molecular complexity index is 678. The molecule has 6 heteroatoms. The second-order valence-electron chi connectivity index (χ2n) is 3.43. The quantitative estimate of drug-likeness (QED) is 0.925. The van der Waals surface area contributed by atoms with Crippen molar-refractivity contribution in [2.75, 3.05) is 0 Å². The molecule has 0 bridgehead atoms. The lowest BCUT2D eigenvalue weighted by Gasteiger charge is -2.06. The van der Waals surface area contributed by atoms with Crippen LogP contribution in [0, 0.1) is 5.82 Å². The molecule has 0 atom stereocenters. The Balaban J connectivity index is 2.74. The van der Waals surface area contributed by atoms with Crippen LogP contribution in [-0.4, -0.2) is 11.1 Å². The highest BCUT2D eigenvalue weighted by molar-refractivity contribution is 9.10. The van der Waals surface area contributed by atoms with Crippen molar-refractivity contribution in [3.8, 4) is 11.1 Å². The number of benzene rings is 1. The standard InChI is InChI=1S/C12H6BrFO4/c13-6-1-3-9(14)8(5-6)7-2-4-10(15)18-11(7)12(16)17/h1-5H,(H,16,17). The first-order chi connectivity index (χ1) is 8.49. The maximum absolute atomic E-state index is 13.7. The molecule has 18 heavy (non-hydrogen) atoms. The SMILES string of the molecule is O=C(O)c1oc(=O)ccc1-c1cc(Br)ccc1F. The minimum Gasteiger partial charge on any atom is -0.475 e. The third-order valence-electron chi connectivity index (χ3n) is 2.25. The summed E-state index contributed by atoms with van der Waals surface area (Å²) in [6.07, 6.45) is 0. The molecule has 0 saturated heterocycles. The maximum Gasteiger partial charge on any atom is 0.372 e. The number of rotatable bonds is 2. The van der Waals surface area contributed by atoms with Gasteiger partial charge < -0.3 is 9.52 Å². The van der Waals surface area contributed by atoms with Crippen LogP contribution in [0.4, 0.5) is 4.39 Å². The summed E-state index contributed by atoms with van der Waals surface area (Å²) in [5.41, 5.74) is -0.738. The van der Waals surface area contributed by atoms with Gasteiger partial charge in [0.05, 0.1) is 0 Å². The van der Waals surface area contributed by atoms with Gasteiger partial charge in [0, 0.05) is 21.7 Å². The Hall–Kier alpha value is -1.95. The molecular weight excluding hydrogens is 307 g/mol. The summed E-state index contributed by atoms with van der Waals surface area (Å²) in [4.78, 5) is 22.0. The average Bonchev–Trinajstić information content (AvgIpc) is 2.32. The molecule has 0 radical (unpaired) electrons. The fourth-order valence-corrected chi connectivity index (χ4v) is 1.85. The summed E-state index contributed by atoms with van der Waals surface area (Å²) in [6.45, 7) is 0. The van der Waals surface area contributed by atoms with E-state index in [0.29, 0.717) is 4.47 Å². The Labute approximate surface area is 109 Å². The molecule has 0 saturated carbocycles. The number of halogens is 2. The summed E-state index contributed by atoms with van der Waals surface area (Å²) < 4.78 is 18.8. The monoisotopic (exact) mass is 312 g/mol. The Morgan fingerprint density at radius 1 is 1.22 bits per heavy atom. The Kier molecular flexibility index (Phi) is 3.29. The van der Waals surface area contributed by atoms with E-state index in [1.54, 1.807) is 0 Å². The van der Waals surface area contributed by atoms with Gasteiger partial charge in [-0.3, -0.25) is 0 Å². The van der Waals surface area contributed by atoms with Crippen molar-refractivity contribution < 1.29 is 18.7 Å². The maximum atomic E-state index is 13.7. The molecule has 0 aliphatic heterocycles. The van der Waals surface area contributed by atoms with Crippen LogP contribution in [0.25, 0.3) is 11.1 Å². The van der Waals surface area contributed by atoms with Crippen molar-refractivity contribution in [3.63, 3.8) is 0 Å². The van der Waals surface area contributed by atoms with E-state index >= 15 is 0 Å². The van der Waals surface area contributed by atoms with E-state index in [1.165, 1.54) is 24.3 Å². The van der Waals surface area contributed by atoms with Crippen LogP contribution in [0.2, 0.25) is 0 Å². The lowest BCUT2D eigenvalue weighted by molar-refractivity contribution is 0.0658. The van der Waals surface area contributed by atoms with Crippen molar-refractivity contribution in [1.82, 2.24) is 0 Å². The molecule has 1 aromatic carbocycles. The van der Waals surface area contributed by atoms with E-state index in [0.717, 1.165) is 6.07 Å². The van der Waals surface area contributed by atoms with Crippen LogP contribution in [-0.2, 0) is 0 Å². The minimum absolute atomic E-state index is 0.0147. The molecular formula is C12H6BrFO4. The summed E-state index contributed by atoms with van der Waals surface area (Å²) >= 11 is 3.16. The molecule has 1 aromatic heterocycles. The Morgan fingerprint density at radius 3 is 2.61 bits per heavy atom. The molecule has 0 unspecified atom stereocenters. The topological polar surface area (TPSA) is 67.5 Å². The van der Waals surface area contributed by atoms with E-state index in [1.807, 2.05) is 0 Å². The van der Waals surface area contributed by atoms with Crippen molar-refractivity contribution in [2.45, 2.75) is 0 Å². The van der Waals surface area contributed by atoms with Gasteiger partial charge in [-0.25, -0.2) is 14.0 Å². The highest BCUT2D eigenvalue weighted by Gasteiger charge is 2.18. The van der Waals surface area contributed by atoms with Gasteiger partial charge in [-0.2, -0.15) is 0 Å². The second-order valence-corrected chi connectivity index (χ2v) is 4.34. The molecule has 0 fully saturated rings. The van der Waals surface area contributed by atoms with Gasteiger partial charge in [0.25, 0.3) is 0 Å². The van der Waals surface area contributed by atoms with E-state index in [-0.39, 0.29) is 11.1 Å². The minimum atomic E-state index is -1.43. The van der Waals surface area contributed by atoms with Crippen LogP contribution in [0.3, 0.4) is 0 Å². The lowest BCUT2D eigenvalue weighted by atomic mass is 10.0. The van der Waals surface area contributed by atoms with E-state index in [2.05, 4.69) is 20.3 Å². The molecule has 0 aliphatic rings. The molecule has 4 nitrogen and oxygen atoms in total. The molecule has 1 N–H and O–H groups in total. The summed E-state index contributed by atoms with van der Waals surface area (Å²) in [5, 5.41) is 8.94. The number of hydrogen-bond acceptors (Lipinski definition) is 3. The highest BCUT2D eigenvalue weighted by atomic mass is 79.9. The van der Waals surface area contributed by atoms with Crippen molar-refractivity contribution in [3.05, 3.63) is 56.8 Å². The first-order valence-corrected chi connectivity index (χ1v) is 5.61. The smallest absolute Gasteiger partial charge is 0.372 e. The average molecular weight is 313 g/mol. The van der Waals surface area contributed by atoms with E-state index in [4.69, 9.17) is 5.11 Å². The van der Waals surface area contributed by atoms with Crippen LogP contribution >= 0.6 is 15.9 Å². The highest BCUT2D eigenvalue weighted by Crippen LogP contribution is 2.28. The zero-order chi connectivity index (χ0) is 13.3. The van der Waals surface area contributed by atoms with Gasteiger partial charge in [-0.15, -0.1) is 0 Å². The molecule has 2 rings (SSSR count). The fraction of sp³-hybridized carbons (Fsp3) is 0. The van der Waals surface area contributed by atoms with Crippen molar-refractivity contribution in [1.29, 1.82) is 0 Å².